The van der Waals surface area contributed by atoms with Gasteiger partial charge in [0.15, 0.2) is 0 Å². The van der Waals surface area contributed by atoms with Crippen molar-refractivity contribution in [3.63, 3.8) is 0 Å². The van der Waals surface area contributed by atoms with Crippen LogP contribution in [-0.4, -0.2) is 46.5 Å². The van der Waals surface area contributed by atoms with E-state index >= 15 is 0 Å². The SMILES string of the molecule is C[C@@H]1CN(C(CN)c2cn(C)nc2C(C)(C)C)C[C@H](C)O1. The molecule has 1 aromatic heterocycles. The average molecular weight is 294 g/mol. The van der Waals surface area contributed by atoms with Gasteiger partial charge in [-0.05, 0) is 13.8 Å². The van der Waals surface area contributed by atoms with E-state index in [9.17, 15) is 0 Å². The Hall–Kier alpha value is -0.910. The minimum absolute atomic E-state index is 0.0214. The first-order valence-electron chi connectivity index (χ1n) is 7.86. The lowest BCUT2D eigenvalue weighted by Gasteiger charge is -2.40. The number of ether oxygens (including phenoxy) is 1. The van der Waals surface area contributed by atoms with E-state index in [4.69, 9.17) is 10.5 Å². The lowest BCUT2D eigenvalue weighted by molar-refractivity contribution is -0.0800. The Balaban J connectivity index is 2.33. The first-order chi connectivity index (χ1) is 9.72. The zero-order chi connectivity index (χ0) is 15.8. The highest BCUT2D eigenvalue weighted by Crippen LogP contribution is 2.32. The van der Waals surface area contributed by atoms with Crippen LogP contribution in [-0.2, 0) is 17.2 Å². The maximum Gasteiger partial charge on any atom is 0.0726 e. The van der Waals surface area contributed by atoms with Crippen molar-refractivity contribution >= 4 is 0 Å². The van der Waals surface area contributed by atoms with Gasteiger partial charge in [0.2, 0.25) is 0 Å². The summed E-state index contributed by atoms with van der Waals surface area (Å²) < 4.78 is 7.75. The number of morpholine rings is 1. The van der Waals surface area contributed by atoms with Crippen molar-refractivity contribution in [3.05, 3.63) is 17.5 Å². The van der Waals surface area contributed by atoms with Crippen LogP contribution in [0.25, 0.3) is 0 Å². The molecule has 1 fully saturated rings. The van der Waals surface area contributed by atoms with Gasteiger partial charge in [0, 0.05) is 43.9 Å². The summed E-state index contributed by atoms with van der Waals surface area (Å²) in [5, 5.41) is 4.69. The fraction of sp³-hybridized carbons (Fsp3) is 0.812. The minimum atomic E-state index is 0.0214. The fourth-order valence-electron chi connectivity index (χ4n) is 3.28. The highest BCUT2D eigenvalue weighted by molar-refractivity contribution is 5.28. The maximum atomic E-state index is 6.13. The fourth-order valence-corrected chi connectivity index (χ4v) is 3.28. The third kappa shape index (κ3) is 3.65. The van der Waals surface area contributed by atoms with Gasteiger partial charge in [0.25, 0.3) is 0 Å². The van der Waals surface area contributed by atoms with Crippen LogP contribution in [0, 0.1) is 0 Å². The molecule has 0 aromatic carbocycles. The molecule has 0 bridgehead atoms. The van der Waals surface area contributed by atoms with Crippen LogP contribution in [0.5, 0.6) is 0 Å². The monoisotopic (exact) mass is 294 g/mol. The molecule has 120 valence electrons. The summed E-state index contributed by atoms with van der Waals surface area (Å²) in [4.78, 5) is 2.45. The molecule has 21 heavy (non-hydrogen) atoms. The average Bonchev–Trinajstić information content (AvgIpc) is 2.71. The van der Waals surface area contributed by atoms with Gasteiger partial charge in [-0.2, -0.15) is 5.10 Å². The summed E-state index contributed by atoms with van der Waals surface area (Å²) >= 11 is 0. The van der Waals surface area contributed by atoms with Crippen molar-refractivity contribution in [2.24, 2.45) is 12.8 Å². The standard InChI is InChI=1S/C16H30N4O/c1-11-8-20(9-12(2)21-11)14(7-17)13-10-19(6)18-15(13)16(3,4)5/h10-12,14H,7-9,17H2,1-6H3/t11-,12+,14?. The molecule has 1 aromatic rings. The summed E-state index contributed by atoms with van der Waals surface area (Å²) in [6.45, 7) is 13.3. The number of rotatable bonds is 3. The van der Waals surface area contributed by atoms with Crippen LogP contribution >= 0.6 is 0 Å². The zero-order valence-electron chi connectivity index (χ0n) is 14.3. The van der Waals surface area contributed by atoms with E-state index in [2.05, 4.69) is 50.8 Å². The number of aryl methyl sites for hydroxylation is 1. The molecule has 5 heteroatoms. The van der Waals surface area contributed by atoms with Crippen molar-refractivity contribution in [2.75, 3.05) is 19.6 Å². The van der Waals surface area contributed by atoms with Gasteiger partial charge in [-0.15, -0.1) is 0 Å². The number of nitrogens with zero attached hydrogens (tertiary/aromatic N) is 3. The number of aromatic nitrogens is 2. The second-order valence-electron chi connectivity index (χ2n) is 7.32. The van der Waals surface area contributed by atoms with E-state index < -0.39 is 0 Å². The molecular weight excluding hydrogens is 264 g/mol. The van der Waals surface area contributed by atoms with Gasteiger partial charge in [0.1, 0.15) is 0 Å². The second kappa shape index (κ2) is 6.07. The molecule has 5 nitrogen and oxygen atoms in total. The van der Waals surface area contributed by atoms with E-state index in [-0.39, 0.29) is 23.7 Å². The number of nitrogens with two attached hydrogens (primary N) is 1. The molecule has 0 amide bonds. The maximum absolute atomic E-state index is 6.13. The molecule has 1 unspecified atom stereocenters. The Morgan fingerprint density at radius 1 is 1.33 bits per heavy atom. The molecule has 1 aliphatic heterocycles. The predicted octanol–water partition coefficient (Wildman–Crippen LogP) is 1.83. The third-order valence-corrected chi connectivity index (χ3v) is 4.04. The molecule has 2 heterocycles. The van der Waals surface area contributed by atoms with Crippen LogP contribution in [0.1, 0.15) is 51.9 Å². The lowest BCUT2D eigenvalue weighted by Crippen LogP contribution is -2.48. The van der Waals surface area contributed by atoms with Crippen molar-refractivity contribution in [2.45, 2.75) is 58.3 Å². The first kappa shape index (κ1) is 16.5. The molecule has 0 radical (unpaired) electrons. The normalized spacial score (nSPS) is 26.0. The number of hydrogen-bond donors (Lipinski definition) is 1. The predicted molar refractivity (Wildman–Crippen MR) is 85.3 cm³/mol. The largest absolute Gasteiger partial charge is 0.373 e. The molecule has 0 saturated carbocycles. The van der Waals surface area contributed by atoms with Crippen molar-refractivity contribution in [3.8, 4) is 0 Å². The van der Waals surface area contributed by atoms with Gasteiger partial charge >= 0.3 is 0 Å². The summed E-state index contributed by atoms with van der Waals surface area (Å²) in [7, 11) is 1.98. The Bertz CT molecular complexity index is 467. The van der Waals surface area contributed by atoms with Gasteiger partial charge in [-0.3, -0.25) is 9.58 Å². The Morgan fingerprint density at radius 3 is 2.38 bits per heavy atom. The van der Waals surface area contributed by atoms with E-state index in [0.717, 1.165) is 18.8 Å². The Labute approximate surface area is 128 Å². The van der Waals surface area contributed by atoms with E-state index in [1.54, 1.807) is 0 Å². The van der Waals surface area contributed by atoms with E-state index in [1.165, 1.54) is 5.56 Å². The third-order valence-electron chi connectivity index (χ3n) is 4.04. The summed E-state index contributed by atoms with van der Waals surface area (Å²) in [6, 6.07) is 0.210. The molecule has 1 saturated heterocycles. The van der Waals surface area contributed by atoms with Crippen LogP contribution in [0.3, 0.4) is 0 Å². The van der Waals surface area contributed by atoms with Crippen molar-refractivity contribution in [1.82, 2.24) is 14.7 Å². The van der Waals surface area contributed by atoms with Gasteiger partial charge in [0.05, 0.1) is 23.9 Å². The zero-order valence-corrected chi connectivity index (χ0v) is 14.3. The van der Waals surface area contributed by atoms with Crippen molar-refractivity contribution < 1.29 is 4.74 Å². The van der Waals surface area contributed by atoms with Crippen LogP contribution < -0.4 is 5.73 Å². The number of hydrogen-bond acceptors (Lipinski definition) is 4. The van der Waals surface area contributed by atoms with Crippen molar-refractivity contribution in [1.29, 1.82) is 0 Å². The van der Waals surface area contributed by atoms with Gasteiger partial charge in [-0.1, -0.05) is 20.8 Å². The lowest BCUT2D eigenvalue weighted by atomic mass is 9.87. The molecule has 2 rings (SSSR count). The molecule has 1 aliphatic rings. The van der Waals surface area contributed by atoms with Gasteiger partial charge < -0.3 is 10.5 Å². The Morgan fingerprint density at radius 2 is 1.90 bits per heavy atom. The minimum Gasteiger partial charge on any atom is -0.373 e. The second-order valence-corrected chi connectivity index (χ2v) is 7.32. The topological polar surface area (TPSA) is 56.3 Å². The smallest absolute Gasteiger partial charge is 0.0726 e. The van der Waals surface area contributed by atoms with Crippen LogP contribution in [0.4, 0.5) is 0 Å². The molecular formula is C16H30N4O. The molecule has 0 spiro atoms. The quantitative estimate of drug-likeness (QED) is 0.924. The Kier molecular flexibility index (Phi) is 4.76. The highest BCUT2D eigenvalue weighted by Gasteiger charge is 2.33. The van der Waals surface area contributed by atoms with Gasteiger partial charge in [-0.25, -0.2) is 0 Å². The molecule has 3 atom stereocenters. The van der Waals surface area contributed by atoms with Crippen LogP contribution in [0.15, 0.2) is 6.20 Å². The highest BCUT2D eigenvalue weighted by atomic mass is 16.5. The molecule has 0 aliphatic carbocycles. The summed E-state index contributed by atoms with van der Waals surface area (Å²) in [6.07, 6.45) is 2.62. The van der Waals surface area contributed by atoms with Crippen LogP contribution in [0.2, 0.25) is 0 Å². The van der Waals surface area contributed by atoms with E-state index in [0.29, 0.717) is 6.54 Å². The summed E-state index contributed by atoms with van der Waals surface area (Å²) in [5.41, 5.74) is 8.55. The molecule has 2 N–H and O–H groups in total. The first-order valence-corrected chi connectivity index (χ1v) is 7.86. The van der Waals surface area contributed by atoms with E-state index in [1.807, 2.05) is 11.7 Å². The summed E-state index contributed by atoms with van der Waals surface area (Å²) in [5.74, 6) is 0.